The lowest BCUT2D eigenvalue weighted by Gasteiger charge is -2.35. The fourth-order valence-corrected chi connectivity index (χ4v) is 1.11. The first kappa shape index (κ1) is 12.4. The number of carbonyl (C=O) groups is 1. The third-order valence-electron chi connectivity index (χ3n) is 2.51. The summed E-state index contributed by atoms with van der Waals surface area (Å²) in [4.78, 5) is 13.2. The predicted molar refractivity (Wildman–Crippen MR) is 55.4 cm³/mol. The molecular weight excluding hydrogens is 164 g/mol. The number of rotatable bonds is 4. The summed E-state index contributed by atoms with van der Waals surface area (Å²) < 4.78 is 0. The summed E-state index contributed by atoms with van der Waals surface area (Å²) in [5.74, 6) is 0.175. The zero-order valence-corrected chi connectivity index (χ0v) is 9.42. The van der Waals surface area contributed by atoms with Crippen LogP contribution in [0.2, 0.25) is 0 Å². The van der Waals surface area contributed by atoms with Crippen LogP contribution in [0.3, 0.4) is 0 Å². The average molecular weight is 186 g/mol. The van der Waals surface area contributed by atoms with Crippen molar-refractivity contribution in [2.75, 3.05) is 7.05 Å². The van der Waals surface area contributed by atoms with Crippen molar-refractivity contribution in [1.29, 1.82) is 0 Å². The molecule has 3 heteroatoms. The Hall–Kier alpha value is -0.570. The fourth-order valence-electron chi connectivity index (χ4n) is 1.11. The van der Waals surface area contributed by atoms with Gasteiger partial charge in [-0.2, -0.15) is 0 Å². The highest BCUT2D eigenvalue weighted by Gasteiger charge is 2.26. The van der Waals surface area contributed by atoms with E-state index in [0.29, 0.717) is 6.42 Å². The lowest BCUT2D eigenvalue weighted by Crippen LogP contribution is -2.53. The molecule has 1 atom stereocenters. The third-order valence-corrected chi connectivity index (χ3v) is 2.51. The Labute approximate surface area is 81.3 Å². The van der Waals surface area contributed by atoms with Gasteiger partial charge in [-0.25, -0.2) is 0 Å². The van der Waals surface area contributed by atoms with E-state index < -0.39 is 0 Å². The van der Waals surface area contributed by atoms with Crippen molar-refractivity contribution in [3.8, 4) is 0 Å². The number of amides is 1. The van der Waals surface area contributed by atoms with E-state index in [2.05, 4.69) is 0 Å². The molecule has 0 aliphatic heterocycles. The summed E-state index contributed by atoms with van der Waals surface area (Å²) in [6.45, 7) is 7.86. The molecule has 1 amide bonds. The van der Waals surface area contributed by atoms with Crippen molar-refractivity contribution in [3.63, 3.8) is 0 Å². The molecule has 1 unspecified atom stereocenters. The van der Waals surface area contributed by atoms with Gasteiger partial charge in [-0.3, -0.25) is 4.79 Å². The SMILES string of the molecule is CCCC(=O)N(C)C(C)C(C)(C)N. The quantitative estimate of drug-likeness (QED) is 0.720. The molecule has 0 aliphatic carbocycles. The van der Waals surface area contributed by atoms with E-state index in [9.17, 15) is 4.79 Å². The summed E-state index contributed by atoms with van der Waals surface area (Å²) in [6.07, 6.45) is 1.50. The summed E-state index contributed by atoms with van der Waals surface area (Å²) in [6, 6.07) is 0.0755. The topological polar surface area (TPSA) is 46.3 Å². The van der Waals surface area contributed by atoms with Gasteiger partial charge in [0.15, 0.2) is 0 Å². The number of likely N-dealkylation sites (N-methyl/N-ethyl adjacent to an activating group) is 1. The van der Waals surface area contributed by atoms with Gasteiger partial charge < -0.3 is 10.6 Å². The molecule has 0 spiro atoms. The van der Waals surface area contributed by atoms with Gasteiger partial charge in [0.25, 0.3) is 0 Å². The van der Waals surface area contributed by atoms with Gasteiger partial charge in [0.1, 0.15) is 0 Å². The summed E-state index contributed by atoms with van der Waals surface area (Å²) >= 11 is 0. The molecule has 0 bridgehead atoms. The molecule has 0 saturated heterocycles. The first-order valence-corrected chi connectivity index (χ1v) is 4.85. The highest BCUT2D eigenvalue weighted by Crippen LogP contribution is 2.12. The van der Waals surface area contributed by atoms with Crippen LogP contribution in [-0.2, 0) is 4.79 Å². The summed E-state index contributed by atoms with van der Waals surface area (Å²) in [5.41, 5.74) is 5.58. The van der Waals surface area contributed by atoms with Crippen molar-refractivity contribution >= 4 is 5.91 Å². The number of nitrogens with two attached hydrogens (primary N) is 1. The Bertz CT molecular complexity index is 172. The summed E-state index contributed by atoms with van der Waals surface area (Å²) in [5, 5.41) is 0. The van der Waals surface area contributed by atoms with Gasteiger partial charge in [0, 0.05) is 25.0 Å². The lowest BCUT2D eigenvalue weighted by molar-refractivity contribution is -0.132. The van der Waals surface area contributed by atoms with Crippen LogP contribution < -0.4 is 5.73 Å². The zero-order valence-electron chi connectivity index (χ0n) is 9.42. The minimum Gasteiger partial charge on any atom is -0.341 e. The van der Waals surface area contributed by atoms with Crippen molar-refractivity contribution in [2.45, 2.75) is 52.1 Å². The molecule has 2 N–H and O–H groups in total. The van der Waals surface area contributed by atoms with E-state index in [1.165, 1.54) is 0 Å². The Morgan fingerprint density at radius 3 is 2.31 bits per heavy atom. The van der Waals surface area contributed by atoms with E-state index in [-0.39, 0.29) is 17.5 Å². The van der Waals surface area contributed by atoms with Gasteiger partial charge in [-0.15, -0.1) is 0 Å². The van der Waals surface area contributed by atoms with Crippen LogP contribution in [0.25, 0.3) is 0 Å². The van der Waals surface area contributed by atoms with Crippen LogP contribution in [-0.4, -0.2) is 29.4 Å². The standard InChI is InChI=1S/C10H22N2O/c1-6-7-9(13)12(5)8(2)10(3,4)11/h8H,6-7,11H2,1-5H3. The van der Waals surface area contributed by atoms with Crippen LogP contribution in [0, 0.1) is 0 Å². The first-order valence-electron chi connectivity index (χ1n) is 4.85. The second-order valence-electron chi connectivity index (χ2n) is 4.25. The lowest BCUT2D eigenvalue weighted by atomic mass is 9.96. The van der Waals surface area contributed by atoms with Crippen LogP contribution >= 0.6 is 0 Å². The first-order chi connectivity index (χ1) is 5.80. The highest BCUT2D eigenvalue weighted by molar-refractivity contribution is 5.76. The van der Waals surface area contributed by atoms with Crippen LogP contribution in [0.4, 0.5) is 0 Å². The van der Waals surface area contributed by atoms with Crippen LogP contribution in [0.15, 0.2) is 0 Å². The molecule has 0 fully saturated rings. The maximum atomic E-state index is 11.5. The Morgan fingerprint density at radius 1 is 1.54 bits per heavy atom. The Kier molecular flexibility index (Phi) is 4.40. The third kappa shape index (κ3) is 3.77. The fraction of sp³-hybridized carbons (Fsp3) is 0.900. The number of hydrogen-bond donors (Lipinski definition) is 1. The van der Waals surface area contributed by atoms with Crippen LogP contribution in [0.5, 0.6) is 0 Å². The number of nitrogens with zero attached hydrogens (tertiary/aromatic N) is 1. The molecule has 0 aromatic carbocycles. The normalized spacial score (nSPS) is 14.0. The number of carbonyl (C=O) groups excluding carboxylic acids is 1. The second-order valence-corrected chi connectivity index (χ2v) is 4.25. The minimum absolute atomic E-state index is 0.0755. The van der Waals surface area contributed by atoms with Gasteiger partial charge in [0.2, 0.25) is 5.91 Å². The maximum absolute atomic E-state index is 11.5. The molecule has 0 aliphatic rings. The molecule has 0 rings (SSSR count). The smallest absolute Gasteiger partial charge is 0.222 e. The highest BCUT2D eigenvalue weighted by atomic mass is 16.2. The van der Waals surface area contributed by atoms with Gasteiger partial charge in [0.05, 0.1) is 0 Å². The molecule has 0 aromatic heterocycles. The molecule has 13 heavy (non-hydrogen) atoms. The molecule has 0 radical (unpaired) electrons. The second kappa shape index (κ2) is 4.61. The van der Waals surface area contributed by atoms with Gasteiger partial charge >= 0.3 is 0 Å². The molecule has 78 valence electrons. The van der Waals surface area contributed by atoms with E-state index in [1.807, 2.05) is 34.7 Å². The molecular formula is C10H22N2O. The van der Waals surface area contributed by atoms with Crippen LogP contribution in [0.1, 0.15) is 40.5 Å². The number of hydrogen-bond acceptors (Lipinski definition) is 2. The van der Waals surface area contributed by atoms with Gasteiger partial charge in [-0.1, -0.05) is 6.92 Å². The summed E-state index contributed by atoms with van der Waals surface area (Å²) in [7, 11) is 1.82. The Balaban J connectivity index is 4.25. The molecule has 0 heterocycles. The van der Waals surface area contributed by atoms with E-state index in [4.69, 9.17) is 5.73 Å². The van der Waals surface area contributed by atoms with Gasteiger partial charge in [-0.05, 0) is 27.2 Å². The van der Waals surface area contributed by atoms with E-state index in [0.717, 1.165) is 6.42 Å². The molecule has 0 aromatic rings. The largest absolute Gasteiger partial charge is 0.341 e. The van der Waals surface area contributed by atoms with Crippen molar-refractivity contribution < 1.29 is 4.79 Å². The zero-order chi connectivity index (χ0) is 10.6. The minimum atomic E-state index is -0.335. The van der Waals surface area contributed by atoms with Crippen molar-refractivity contribution in [3.05, 3.63) is 0 Å². The van der Waals surface area contributed by atoms with Crippen molar-refractivity contribution in [1.82, 2.24) is 4.90 Å². The van der Waals surface area contributed by atoms with E-state index in [1.54, 1.807) is 4.90 Å². The average Bonchev–Trinajstić information content (AvgIpc) is 2.00. The molecule has 0 saturated carbocycles. The monoisotopic (exact) mass is 186 g/mol. The molecule has 3 nitrogen and oxygen atoms in total. The van der Waals surface area contributed by atoms with Crippen molar-refractivity contribution in [2.24, 2.45) is 5.73 Å². The maximum Gasteiger partial charge on any atom is 0.222 e. The predicted octanol–water partition coefficient (Wildman–Crippen LogP) is 1.37. The Morgan fingerprint density at radius 2 is 2.00 bits per heavy atom. The van der Waals surface area contributed by atoms with E-state index >= 15 is 0 Å².